The molecule has 2 unspecified atom stereocenters. The number of aliphatic hydroxyl groups is 1. The predicted octanol–water partition coefficient (Wildman–Crippen LogP) is 2.50. The summed E-state index contributed by atoms with van der Waals surface area (Å²) in [6, 6.07) is 7.76. The summed E-state index contributed by atoms with van der Waals surface area (Å²) in [5.41, 5.74) is 0.971. The monoisotopic (exact) mass is 291 g/mol. The maximum Gasteiger partial charge on any atom is 0.225 e. The van der Waals surface area contributed by atoms with Crippen molar-refractivity contribution in [1.29, 1.82) is 0 Å². The maximum absolute atomic E-state index is 12.1. The molecule has 0 aromatic heterocycles. The van der Waals surface area contributed by atoms with Crippen LogP contribution in [0.15, 0.2) is 24.3 Å². The number of nitrogens with one attached hydrogen (secondary N) is 1. The fraction of sp³-hybridized carbons (Fsp3) is 0.588. The molecule has 0 aliphatic heterocycles. The van der Waals surface area contributed by atoms with E-state index in [9.17, 15) is 9.90 Å². The van der Waals surface area contributed by atoms with Crippen LogP contribution in [0, 0.1) is 11.8 Å². The van der Waals surface area contributed by atoms with E-state index in [1.807, 2.05) is 24.3 Å². The number of carbonyl (C=O) groups is 1. The summed E-state index contributed by atoms with van der Waals surface area (Å²) in [5, 5.41) is 12.7. The second-order valence-corrected chi connectivity index (χ2v) is 6.14. The van der Waals surface area contributed by atoms with Crippen LogP contribution in [0.4, 0.5) is 0 Å². The fourth-order valence-electron chi connectivity index (χ4n) is 2.61. The quantitative estimate of drug-likeness (QED) is 0.846. The SMILES string of the molecule is CC(C)COc1ccccc1CNC(=O)C1CCCC1O. The lowest BCUT2D eigenvalue weighted by Crippen LogP contribution is -2.34. The Bertz CT molecular complexity index is 473. The molecule has 1 aliphatic carbocycles. The van der Waals surface area contributed by atoms with Crippen molar-refractivity contribution >= 4 is 5.91 Å². The smallest absolute Gasteiger partial charge is 0.225 e. The second kappa shape index (κ2) is 7.46. The normalized spacial score (nSPS) is 21.5. The van der Waals surface area contributed by atoms with Crippen LogP contribution in [-0.2, 0) is 11.3 Å². The van der Waals surface area contributed by atoms with Gasteiger partial charge in [-0.1, -0.05) is 32.0 Å². The Morgan fingerprint density at radius 3 is 2.81 bits per heavy atom. The molecule has 0 bridgehead atoms. The van der Waals surface area contributed by atoms with E-state index in [4.69, 9.17) is 4.74 Å². The molecular formula is C17H25NO3. The third-order valence-corrected chi connectivity index (χ3v) is 3.81. The summed E-state index contributed by atoms with van der Waals surface area (Å²) in [6.45, 7) is 5.31. The first kappa shape index (κ1) is 15.8. The van der Waals surface area contributed by atoms with E-state index in [1.165, 1.54) is 0 Å². The highest BCUT2D eigenvalue weighted by Crippen LogP contribution is 2.26. The number of carbonyl (C=O) groups excluding carboxylic acids is 1. The number of aliphatic hydroxyl groups excluding tert-OH is 1. The second-order valence-electron chi connectivity index (χ2n) is 6.14. The van der Waals surface area contributed by atoms with Gasteiger partial charge < -0.3 is 15.2 Å². The van der Waals surface area contributed by atoms with Crippen molar-refractivity contribution in [1.82, 2.24) is 5.32 Å². The molecule has 1 aliphatic rings. The first-order chi connectivity index (χ1) is 10.1. The Kier molecular flexibility index (Phi) is 5.62. The molecule has 21 heavy (non-hydrogen) atoms. The summed E-state index contributed by atoms with van der Waals surface area (Å²) in [6.07, 6.45) is 1.94. The molecule has 116 valence electrons. The van der Waals surface area contributed by atoms with Gasteiger partial charge in [0.25, 0.3) is 0 Å². The third-order valence-electron chi connectivity index (χ3n) is 3.81. The minimum atomic E-state index is -0.488. The van der Waals surface area contributed by atoms with Crippen molar-refractivity contribution in [3.05, 3.63) is 29.8 Å². The topological polar surface area (TPSA) is 58.6 Å². The molecule has 1 amide bonds. The first-order valence-corrected chi connectivity index (χ1v) is 7.74. The van der Waals surface area contributed by atoms with Gasteiger partial charge in [0, 0.05) is 12.1 Å². The third kappa shape index (κ3) is 4.46. The number of hydrogen-bond acceptors (Lipinski definition) is 3. The van der Waals surface area contributed by atoms with Crippen LogP contribution in [0.3, 0.4) is 0 Å². The Labute approximate surface area is 126 Å². The highest BCUT2D eigenvalue weighted by molar-refractivity contribution is 5.79. The Morgan fingerprint density at radius 1 is 1.38 bits per heavy atom. The predicted molar refractivity (Wildman–Crippen MR) is 82.0 cm³/mol. The minimum Gasteiger partial charge on any atom is -0.493 e. The van der Waals surface area contributed by atoms with Gasteiger partial charge in [0.2, 0.25) is 5.91 Å². The molecule has 4 heteroatoms. The van der Waals surface area contributed by atoms with Crippen LogP contribution in [0.2, 0.25) is 0 Å². The van der Waals surface area contributed by atoms with Crippen molar-refractivity contribution in [2.75, 3.05) is 6.61 Å². The van der Waals surface area contributed by atoms with Crippen molar-refractivity contribution in [2.24, 2.45) is 11.8 Å². The molecule has 0 spiro atoms. The number of benzene rings is 1. The van der Waals surface area contributed by atoms with Gasteiger partial charge in [0.15, 0.2) is 0 Å². The number of hydrogen-bond donors (Lipinski definition) is 2. The van der Waals surface area contributed by atoms with Crippen molar-refractivity contribution in [3.63, 3.8) is 0 Å². The zero-order valence-electron chi connectivity index (χ0n) is 12.8. The van der Waals surface area contributed by atoms with Gasteiger partial charge >= 0.3 is 0 Å². The number of ether oxygens (including phenoxy) is 1. The van der Waals surface area contributed by atoms with Gasteiger partial charge in [-0.05, 0) is 31.2 Å². The Balaban J connectivity index is 1.91. The van der Waals surface area contributed by atoms with Crippen molar-refractivity contribution < 1.29 is 14.6 Å². The number of para-hydroxylation sites is 1. The van der Waals surface area contributed by atoms with E-state index in [2.05, 4.69) is 19.2 Å². The molecule has 1 fully saturated rings. The molecule has 2 N–H and O–H groups in total. The fourth-order valence-corrected chi connectivity index (χ4v) is 2.61. The standard InChI is InChI=1S/C17H25NO3/c1-12(2)11-21-16-9-4-3-6-13(16)10-18-17(20)14-7-5-8-15(14)19/h3-4,6,9,12,14-15,19H,5,7-8,10-11H2,1-2H3,(H,18,20). The lowest BCUT2D eigenvalue weighted by molar-refractivity contribution is -0.127. The molecule has 2 rings (SSSR count). The number of amides is 1. The molecule has 1 aromatic rings. The van der Waals surface area contributed by atoms with Gasteiger partial charge in [0.05, 0.1) is 18.6 Å². The minimum absolute atomic E-state index is 0.0568. The molecule has 4 nitrogen and oxygen atoms in total. The summed E-state index contributed by atoms with van der Waals surface area (Å²) < 4.78 is 5.78. The van der Waals surface area contributed by atoms with Crippen molar-refractivity contribution in [3.8, 4) is 5.75 Å². The van der Waals surface area contributed by atoms with Crippen LogP contribution in [-0.4, -0.2) is 23.7 Å². The lowest BCUT2D eigenvalue weighted by Gasteiger charge is -2.16. The van der Waals surface area contributed by atoms with Crippen LogP contribution in [0.5, 0.6) is 5.75 Å². The first-order valence-electron chi connectivity index (χ1n) is 7.74. The average molecular weight is 291 g/mol. The van der Waals surface area contributed by atoms with Crippen LogP contribution < -0.4 is 10.1 Å². The van der Waals surface area contributed by atoms with E-state index in [-0.39, 0.29) is 11.8 Å². The largest absolute Gasteiger partial charge is 0.493 e. The molecule has 0 saturated heterocycles. The molecule has 1 aromatic carbocycles. The maximum atomic E-state index is 12.1. The Hall–Kier alpha value is -1.55. The van der Waals surface area contributed by atoms with Crippen molar-refractivity contribution in [2.45, 2.75) is 45.8 Å². The van der Waals surface area contributed by atoms with E-state index in [0.717, 1.165) is 30.6 Å². The number of rotatable bonds is 6. The molecule has 0 heterocycles. The zero-order chi connectivity index (χ0) is 15.2. The molecule has 2 atom stereocenters. The molecule has 1 saturated carbocycles. The molecule has 0 radical (unpaired) electrons. The van der Waals surface area contributed by atoms with Gasteiger partial charge in [-0.25, -0.2) is 0 Å². The molecular weight excluding hydrogens is 266 g/mol. The Morgan fingerprint density at radius 2 is 2.14 bits per heavy atom. The van der Waals surface area contributed by atoms with Gasteiger partial charge in [-0.15, -0.1) is 0 Å². The summed E-state index contributed by atoms with van der Waals surface area (Å²) in [5.74, 6) is 0.965. The average Bonchev–Trinajstić information content (AvgIpc) is 2.89. The summed E-state index contributed by atoms with van der Waals surface area (Å²) in [7, 11) is 0. The van der Waals surface area contributed by atoms with Crippen LogP contribution in [0.25, 0.3) is 0 Å². The van der Waals surface area contributed by atoms with Gasteiger partial charge in [0.1, 0.15) is 5.75 Å². The summed E-state index contributed by atoms with van der Waals surface area (Å²) in [4.78, 5) is 12.1. The van der Waals surface area contributed by atoms with Gasteiger partial charge in [-0.2, -0.15) is 0 Å². The lowest BCUT2D eigenvalue weighted by atomic mass is 10.1. The van der Waals surface area contributed by atoms with Gasteiger partial charge in [-0.3, -0.25) is 4.79 Å². The van der Waals surface area contributed by atoms with Crippen LogP contribution in [0.1, 0.15) is 38.7 Å². The highest BCUT2D eigenvalue weighted by Gasteiger charge is 2.31. The van der Waals surface area contributed by atoms with E-state index in [0.29, 0.717) is 19.1 Å². The van der Waals surface area contributed by atoms with Crippen LogP contribution >= 0.6 is 0 Å². The van der Waals surface area contributed by atoms with E-state index >= 15 is 0 Å². The zero-order valence-corrected chi connectivity index (χ0v) is 12.8. The summed E-state index contributed by atoms with van der Waals surface area (Å²) >= 11 is 0. The highest BCUT2D eigenvalue weighted by atomic mass is 16.5. The van der Waals surface area contributed by atoms with E-state index < -0.39 is 6.10 Å². The van der Waals surface area contributed by atoms with E-state index in [1.54, 1.807) is 0 Å².